The number of aryl methyl sites for hydroxylation is 3. The first kappa shape index (κ1) is 13.4. The molecule has 20 heavy (non-hydrogen) atoms. The molecule has 0 saturated carbocycles. The summed E-state index contributed by atoms with van der Waals surface area (Å²) in [6, 6.07) is 4.34. The molecule has 106 valence electrons. The molecule has 1 saturated heterocycles. The van der Waals surface area contributed by atoms with Gasteiger partial charge in [-0.25, -0.2) is 0 Å². The highest BCUT2D eigenvalue weighted by molar-refractivity contribution is 6.10. The van der Waals surface area contributed by atoms with Gasteiger partial charge in [0.2, 0.25) is 0 Å². The molecule has 0 unspecified atom stereocenters. The molecule has 1 aliphatic heterocycles. The molecular weight excluding hydrogens is 248 g/mol. The molecule has 3 nitrogen and oxygen atoms in total. The number of aromatic nitrogens is 1. The first-order valence-electron chi connectivity index (χ1n) is 7.39. The van der Waals surface area contributed by atoms with Gasteiger partial charge < -0.3 is 9.88 Å². The molecule has 1 fully saturated rings. The van der Waals surface area contributed by atoms with Gasteiger partial charge in [0.1, 0.15) is 0 Å². The lowest BCUT2D eigenvalue weighted by Gasteiger charge is -2.21. The van der Waals surface area contributed by atoms with Gasteiger partial charge in [-0.15, -0.1) is 0 Å². The highest BCUT2D eigenvalue weighted by atomic mass is 16.1. The highest BCUT2D eigenvalue weighted by Gasteiger charge is 2.25. The van der Waals surface area contributed by atoms with Crippen LogP contribution in [-0.4, -0.2) is 23.4 Å². The normalized spacial score (nSPS) is 16.8. The van der Waals surface area contributed by atoms with Gasteiger partial charge in [-0.1, -0.05) is 6.07 Å². The molecule has 3 rings (SSSR count). The monoisotopic (exact) mass is 270 g/mol. The van der Waals surface area contributed by atoms with E-state index in [2.05, 4.69) is 35.9 Å². The summed E-state index contributed by atoms with van der Waals surface area (Å²) in [5.74, 6) is 0.506. The van der Waals surface area contributed by atoms with Crippen molar-refractivity contribution in [2.45, 2.75) is 26.7 Å². The maximum Gasteiger partial charge on any atom is 0.168 e. The van der Waals surface area contributed by atoms with Crippen LogP contribution in [0.5, 0.6) is 0 Å². The van der Waals surface area contributed by atoms with Crippen LogP contribution in [0, 0.1) is 19.8 Å². The predicted molar refractivity (Wildman–Crippen MR) is 82.3 cm³/mol. The summed E-state index contributed by atoms with van der Waals surface area (Å²) >= 11 is 0. The summed E-state index contributed by atoms with van der Waals surface area (Å²) in [5.41, 5.74) is 4.53. The average molecular weight is 270 g/mol. The van der Waals surface area contributed by atoms with Gasteiger partial charge in [0.15, 0.2) is 5.78 Å². The Hall–Kier alpha value is -1.61. The van der Waals surface area contributed by atoms with E-state index in [1.807, 2.05) is 13.2 Å². The van der Waals surface area contributed by atoms with E-state index < -0.39 is 0 Å². The van der Waals surface area contributed by atoms with Gasteiger partial charge in [-0.05, 0) is 57.0 Å². The van der Waals surface area contributed by atoms with E-state index >= 15 is 0 Å². The summed E-state index contributed by atoms with van der Waals surface area (Å²) < 4.78 is 2.09. The Bertz CT molecular complexity index is 663. The van der Waals surface area contributed by atoms with Crippen LogP contribution < -0.4 is 5.32 Å². The maximum atomic E-state index is 12.8. The minimum absolute atomic E-state index is 0.183. The molecule has 0 radical (unpaired) electrons. The lowest BCUT2D eigenvalue weighted by Crippen LogP contribution is -2.31. The van der Waals surface area contributed by atoms with Gasteiger partial charge in [0, 0.05) is 35.6 Å². The molecule has 1 aromatic heterocycles. The first-order valence-corrected chi connectivity index (χ1v) is 7.39. The van der Waals surface area contributed by atoms with Crippen LogP contribution in [0.25, 0.3) is 10.9 Å². The molecule has 2 heterocycles. The summed E-state index contributed by atoms with van der Waals surface area (Å²) in [4.78, 5) is 12.8. The number of nitrogens with one attached hydrogen (secondary N) is 1. The molecule has 0 bridgehead atoms. The Morgan fingerprint density at radius 3 is 2.65 bits per heavy atom. The second-order valence-electron chi connectivity index (χ2n) is 6.02. The third-order valence-corrected chi connectivity index (χ3v) is 4.41. The molecule has 2 aromatic rings. The number of piperidine rings is 1. The van der Waals surface area contributed by atoms with Crippen molar-refractivity contribution in [1.82, 2.24) is 9.88 Å². The number of benzene rings is 1. The molecule has 0 aliphatic carbocycles. The van der Waals surface area contributed by atoms with E-state index in [1.54, 1.807) is 0 Å². The zero-order valence-corrected chi connectivity index (χ0v) is 12.5. The van der Waals surface area contributed by atoms with Crippen molar-refractivity contribution in [2.24, 2.45) is 13.0 Å². The maximum absolute atomic E-state index is 12.8. The first-order chi connectivity index (χ1) is 9.58. The number of fused-ring (bicyclic) bond motifs is 1. The van der Waals surface area contributed by atoms with Gasteiger partial charge in [0.05, 0.1) is 0 Å². The fraction of sp³-hybridized carbons (Fsp3) is 0.471. The number of hydrogen-bond donors (Lipinski definition) is 1. The SMILES string of the molecule is Cc1cc(C)c2c(C(=O)C3CCNCC3)cn(C)c2c1. The third kappa shape index (κ3) is 2.16. The molecule has 3 heteroatoms. The van der Waals surface area contributed by atoms with Crippen LogP contribution in [0.4, 0.5) is 0 Å². The fourth-order valence-electron chi connectivity index (χ4n) is 3.39. The van der Waals surface area contributed by atoms with Crippen LogP contribution in [0.3, 0.4) is 0 Å². The van der Waals surface area contributed by atoms with E-state index in [9.17, 15) is 4.79 Å². The van der Waals surface area contributed by atoms with Crippen molar-refractivity contribution in [3.8, 4) is 0 Å². The number of hydrogen-bond acceptors (Lipinski definition) is 2. The summed E-state index contributed by atoms with van der Waals surface area (Å²) in [7, 11) is 2.03. The number of nitrogens with zero attached hydrogens (tertiary/aromatic N) is 1. The largest absolute Gasteiger partial charge is 0.350 e. The van der Waals surface area contributed by atoms with Crippen molar-refractivity contribution < 1.29 is 4.79 Å². The Balaban J connectivity index is 2.09. The zero-order chi connectivity index (χ0) is 14.3. The van der Waals surface area contributed by atoms with E-state index in [-0.39, 0.29) is 5.92 Å². The quantitative estimate of drug-likeness (QED) is 0.851. The standard InChI is InChI=1S/C17H22N2O/c1-11-8-12(2)16-14(10-19(3)15(16)9-11)17(20)13-4-6-18-7-5-13/h8-10,13,18H,4-7H2,1-3H3. The molecule has 0 amide bonds. The van der Waals surface area contributed by atoms with E-state index in [4.69, 9.17) is 0 Å². The van der Waals surface area contributed by atoms with Crippen molar-refractivity contribution in [3.63, 3.8) is 0 Å². The molecule has 0 spiro atoms. The number of rotatable bonds is 2. The molecule has 1 aliphatic rings. The van der Waals surface area contributed by atoms with E-state index in [1.165, 1.54) is 16.6 Å². The Morgan fingerprint density at radius 2 is 1.95 bits per heavy atom. The van der Waals surface area contributed by atoms with Gasteiger partial charge in [0.25, 0.3) is 0 Å². The lowest BCUT2D eigenvalue weighted by atomic mass is 9.88. The van der Waals surface area contributed by atoms with Crippen LogP contribution in [0.1, 0.15) is 34.3 Å². The summed E-state index contributed by atoms with van der Waals surface area (Å²) in [5, 5.41) is 4.47. The Labute approximate surface area is 120 Å². The third-order valence-electron chi connectivity index (χ3n) is 4.41. The second kappa shape index (κ2) is 5.06. The lowest BCUT2D eigenvalue weighted by molar-refractivity contribution is 0.0896. The van der Waals surface area contributed by atoms with Crippen molar-refractivity contribution in [3.05, 3.63) is 35.0 Å². The van der Waals surface area contributed by atoms with Gasteiger partial charge in [-0.2, -0.15) is 0 Å². The van der Waals surface area contributed by atoms with Crippen LogP contribution in [-0.2, 0) is 7.05 Å². The second-order valence-corrected chi connectivity index (χ2v) is 6.02. The van der Waals surface area contributed by atoms with Crippen molar-refractivity contribution in [1.29, 1.82) is 0 Å². The minimum Gasteiger partial charge on any atom is -0.350 e. The van der Waals surface area contributed by atoms with Crippen molar-refractivity contribution in [2.75, 3.05) is 13.1 Å². The highest BCUT2D eigenvalue weighted by Crippen LogP contribution is 2.29. The smallest absolute Gasteiger partial charge is 0.168 e. The predicted octanol–water partition coefficient (Wildman–Crippen LogP) is 2.98. The molecule has 1 aromatic carbocycles. The topological polar surface area (TPSA) is 34.0 Å². The number of Topliss-reactive ketones (excluding diaryl/α,β-unsaturated/α-hetero) is 1. The number of carbonyl (C=O) groups excluding carboxylic acids is 1. The van der Waals surface area contributed by atoms with Crippen LogP contribution >= 0.6 is 0 Å². The number of ketones is 1. The summed E-state index contributed by atoms with van der Waals surface area (Å²) in [6.07, 6.45) is 3.93. The van der Waals surface area contributed by atoms with E-state index in [0.717, 1.165) is 36.9 Å². The zero-order valence-electron chi connectivity index (χ0n) is 12.5. The van der Waals surface area contributed by atoms with Gasteiger partial charge in [-0.3, -0.25) is 4.79 Å². The molecule has 1 N–H and O–H groups in total. The Morgan fingerprint density at radius 1 is 1.25 bits per heavy atom. The molecular formula is C17H22N2O. The summed E-state index contributed by atoms with van der Waals surface area (Å²) in [6.45, 7) is 6.13. The Kier molecular flexibility index (Phi) is 3.38. The van der Waals surface area contributed by atoms with Crippen LogP contribution in [0.15, 0.2) is 18.3 Å². The number of carbonyl (C=O) groups is 1. The van der Waals surface area contributed by atoms with Crippen molar-refractivity contribution >= 4 is 16.7 Å². The van der Waals surface area contributed by atoms with Crippen LogP contribution in [0.2, 0.25) is 0 Å². The average Bonchev–Trinajstić information content (AvgIpc) is 2.77. The van der Waals surface area contributed by atoms with Gasteiger partial charge >= 0.3 is 0 Å². The fourth-order valence-corrected chi connectivity index (χ4v) is 3.39. The molecule has 0 atom stereocenters. The van der Waals surface area contributed by atoms with E-state index in [0.29, 0.717) is 5.78 Å². The minimum atomic E-state index is 0.183.